The number of nitriles is 1. The van der Waals surface area contributed by atoms with Gasteiger partial charge in [-0.05, 0) is 31.4 Å². The molecule has 78 valence electrons. The quantitative estimate of drug-likeness (QED) is 0.727. The number of hydrogen-bond acceptors (Lipinski definition) is 3. The molecule has 3 nitrogen and oxygen atoms in total. The Hall–Kier alpha value is -0.950. The van der Waals surface area contributed by atoms with E-state index in [1.54, 1.807) is 0 Å². The topological polar surface area (TPSA) is 41.6 Å². The predicted octanol–water partition coefficient (Wildman–Crippen LogP) is 2.27. The molecule has 1 saturated carbocycles. The first-order valence-electron chi connectivity index (χ1n) is 5.48. The van der Waals surface area contributed by atoms with Gasteiger partial charge >= 0.3 is 0 Å². The molecule has 1 aromatic rings. The van der Waals surface area contributed by atoms with Crippen molar-refractivity contribution in [2.75, 3.05) is 5.75 Å². The van der Waals surface area contributed by atoms with Gasteiger partial charge in [0, 0.05) is 11.3 Å². The Morgan fingerprint density at radius 3 is 3.00 bits per heavy atom. The lowest BCUT2D eigenvalue weighted by Crippen LogP contribution is -2.19. The molecular formula is C11H13N3S. The molecule has 0 saturated heterocycles. The van der Waals surface area contributed by atoms with Crippen LogP contribution in [-0.4, -0.2) is 15.5 Å². The molecule has 1 aliphatic carbocycles. The lowest BCUT2D eigenvalue weighted by molar-refractivity contribution is 0.286. The van der Waals surface area contributed by atoms with Crippen LogP contribution >= 0.6 is 11.8 Å². The third-order valence-corrected chi connectivity index (χ3v) is 4.32. The Kier molecular flexibility index (Phi) is 2.21. The van der Waals surface area contributed by atoms with Gasteiger partial charge < -0.3 is 0 Å². The second-order valence-electron chi connectivity index (χ2n) is 4.22. The van der Waals surface area contributed by atoms with Crippen molar-refractivity contribution >= 4 is 11.8 Å². The van der Waals surface area contributed by atoms with Crippen LogP contribution in [0.15, 0.2) is 0 Å². The first kappa shape index (κ1) is 9.29. The van der Waals surface area contributed by atoms with Crippen LogP contribution in [0, 0.1) is 11.3 Å². The maximum atomic E-state index is 9.21. The van der Waals surface area contributed by atoms with Crippen LogP contribution < -0.4 is 0 Å². The summed E-state index contributed by atoms with van der Waals surface area (Å²) in [7, 11) is 0. The summed E-state index contributed by atoms with van der Waals surface area (Å²) in [5.41, 5.74) is 3.23. The summed E-state index contributed by atoms with van der Waals surface area (Å²) < 4.78 is 2.00. The Labute approximate surface area is 93.5 Å². The van der Waals surface area contributed by atoms with E-state index in [-0.39, 0.29) is 0 Å². The molecule has 1 aromatic heterocycles. The van der Waals surface area contributed by atoms with E-state index in [1.807, 2.05) is 16.4 Å². The van der Waals surface area contributed by atoms with Gasteiger partial charge in [0.15, 0.2) is 0 Å². The van der Waals surface area contributed by atoms with Gasteiger partial charge in [-0.15, -0.1) is 0 Å². The van der Waals surface area contributed by atoms with Crippen LogP contribution in [-0.2, 0) is 12.2 Å². The average molecular weight is 219 g/mol. The Morgan fingerprint density at radius 2 is 2.33 bits per heavy atom. The zero-order valence-electron chi connectivity index (χ0n) is 8.57. The van der Waals surface area contributed by atoms with Crippen LogP contribution in [0.4, 0.5) is 0 Å². The van der Waals surface area contributed by atoms with Gasteiger partial charge in [-0.3, -0.25) is 4.68 Å². The lowest BCUT2D eigenvalue weighted by atomic mass is 9.93. The highest BCUT2D eigenvalue weighted by Crippen LogP contribution is 2.35. The van der Waals surface area contributed by atoms with Crippen molar-refractivity contribution in [2.24, 2.45) is 0 Å². The highest BCUT2D eigenvalue weighted by molar-refractivity contribution is 7.98. The first-order valence-corrected chi connectivity index (χ1v) is 6.63. The van der Waals surface area contributed by atoms with Crippen molar-refractivity contribution < 1.29 is 0 Å². The molecule has 1 fully saturated rings. The SMILES string of the molecule is N#Cc1c2c(nn1C1CCC1)CSCC2. The number of aromatic nitrogens is 2. The molecular weight excluding hydrogens is 206 g/mol. The van der Waals surface area contributed by atoms with E-state index in [9.17, 15) is 5.26 Å². The standard InChI is InChI=1S/C11H13N3S/c12-6-11-9-4-5-15-7-10(9)13-14(11)8-2-1-3-8/h8H,1-5,7H2. The predicted molar refractivity (Wildman–Crippen MR) is 59.7 cm³/mol. The number of thioether (sulfide) groups is 1. The molecule has 2 heterocycles. The van der Waals surface area contributed by atoms with Crippen molar-refractivity contribution in [3.05, 3.63) is 17.0 Å². The normalized spacial score (nSPS) is 20.5. The highest BCUT2D eigenvalue weighted by Gasteiger charge is 2.27. The zero-order chi connectivity index (χ0) is 10.3. The Bertz CT molecular complexity index is 426. The van der Waals surface area contributed by atoms with Gasteiger partial charge in [0.05, 0.1) is 11.7 Å². The summed E-state index contributed by atoms with van der Waals surface area (Å²) in [5, 5.41) is 13.8. The molecule has 0 spiro atoms. The monoisotopic (exact) mass is 219 g/mol. The van der Waals surface area contributed by atoms with Gasteiger partial charge in [-0.1, -0.05) is 0 Å². The van der Waals surface area contributed by atoms with Crippen molar-refractivity contribution in [3.8, 4) is 6.07 Å². The van der Waals surface area contributed by atoms with Gasteiger partial charge in [-0.25, -0.2) is 0 Å². The van der Waals surface area contributed by atoms with Crippen molar-refractivity contribution in [2.45, 2.75) is 37.5 Å². The summed E-state index contributed by atoms with van der Waals surface area (Å²) in [6, 6.07) is 2.85. The number of hydrogen-bond donors (Lipinski definition) is 0. The summed E-state index contributed by atoms with van der Waals surface area (Å²) in [4.78, 5) is 0. The molecule has 3 rings (SSSR count). The molecule has 1 aliphatic heterocycles. The van der Waals surface area contributed by atoms with Gasteiger partial charge in [0.1, 0.15) is 11.8 Å². The maximum absolute atomic E-state index is 9.21. The number of rotatable bonds is 1. The first-order chi connectivity index (χ1) is 7.40. The van der Waals surface area contributed by atoms with Crippen molar-refractivity contribution in [1.29, 1.82) is 5.26 Å². The van der Waals surface area contributed by atoms with E-state index in [1.165, 1.54) is 24.8 Å². The molecule has 0 amide bonds. The molecule has 2 aliphatic rings. The smallest absolute Gasteiger partial charge is 0.142 e. The van der Waals surface area contributed by atoms with Crippen LogP contribution in [0.2, 0.25) is 0 Å². The van der Waals surface area contributed by atoms with Gasteiger partial charge in [0.2, 0.25) is 0 Å². The minimum absolute atomic E-state index is 0.509. The minimum atomic E-state index is 0.509. The lowest BCUT2D eigenvalue weighted by Gasteiger charge is -2.26. The number of fused-ring (bicyclic) bond motifs is 1. The van der Waals surface area contributed by atoms with Crippen LogP contribution in [0.3, 0.4) is 0 Å². The van der Waals surface area contributed by atoms with E-state index in [2.05, 4.69) is 11.2 Å². The van der Waals surface area contributed by atoms with E-state index >= 15 is 0 Å². The minimum Gasteiger partial charge on any atom is -0.251 e. The summed E-state index contributed by atoms with van der Waals surface area (Å²) in [6.07, 6.45) is 4.70. The highest BCUT2D eigenvalue weighted by atomic mass is 32.2. The summed E-state index contributed by atoms with van der Waals surface area (Å²) in [6.45, 7) is 0. The van der Waals surface area contributed by atoms with Crippen LogP contribution in [0.1, 0.15) is 42.3 Å². The maximum Gasteiger partial charge on any atom is 0.142 e. The fourth-order valence-electron chi connectivity index (χ4n) is 2.25. The third-order valence-electron chi connectivity index (χ3n) is 3.35. The van der Waals surface area contributed by atoms with E-state index in [4.69, 9.17) is 0 Å². The molecule has 4 heteroatoms. The Balaban J connectivity index is 2.06. The van der Waals surface area contributed by atoms with Gasteiger partial charge in [-0.2, -0.15) is 22.1 Å². The summed E-state index contributed by atoms with van der Waals surface area (Å²) >= 11 is 1.92. The summed E-state index contributed by atoms with van der Waals surface area (Å²) in [5.74, 6) is 2.13. The zero-order valence-corrected chi connectivity index (χ0v) is 9.39. The molecule has 0 unspecified atom stereocenters. The molecule has 0 bridgehead atoms. The molecule has 0 radical (unpaired) electrons. The second kappa shape index (κ2) is 3.57. The van der Waals surface area contributed by atoms with E-state index in [0.29, 0.717) is 6.04 Å². The van der Waals surface area contributed by atoms with Crippen molar-refractivity contribution in [1.82, 2.24) is 9.78 Å². The third kappa shape index (κ3) is 1.37. The largest absolute Gasteiger partial charge is 0.251 e. The van der Waals surface area contributed by atoms with E-state index in [0.717, 1.165) is 29.3 Å². The molecule has 0 N–H and O–H groups in total. The second-order valence-corrected chi connectivity index (χ2v) is 5.32. The van der Waals surface area contributed by atoms with Crippen LogP contribution in [0.25, 0.3) is 0 Å². The average Bonchev–Trinajstić information content (AvgIpc) is 2.53. The molecule has 0 atom stereocenters. The molecule has 15 heavy (non-hydrogen) atoms. The fraction of sp³-hybridized carbons (Fsp3) is 0.636. The van der Waals surface area contributed by atoms with Crippen LogP contribution in [0.5, 0.6) is 0 Å². The number of nitrogens with zero attached hydrogens (tertiary/aromatic N) is 3. The van der Waals surface area contributed by atoms with E-state index < -0.39 is 0 Å². The molecule has 0 aromatic carbocycles. The van der Waals surface area contributed by atoms with Gasteiger partial charge in [0.25, 0.3) is 0 Å². The van der Waals surface area contributed by atoms with Crippen molar-refractivity contribution in [3.63, 3.8) is 0 Å². The Morgan fingerprint density at radius 1 is 1.47 bits per heavy atom. The fourth-order valence-corrected chi connectivity index (χ4v) is 3.17.